The minimum Gasteiger partial charge on any atom is -0.337 e. The van der Waals surface area contributed by atoms with Crippen LogP contribution in [0, 0.1) is 0 Å². The van der Waals surface area contributed by atoms with E-state index in [0.717, 1.165) is 22.8 Å². The van der Waals surface area contributed by atoms with Gasteiger partial charge in [0.2, 0.25) is 0 Å². The number of halogens is 1. The van der Waals surface area contributed by atoms with Crippen molar-refractivity contribution in [2.75, 3.05) is 5.32 Å². The molecule has 0 saturated carbocycles. The summed E-state index contributed by atoms with van der Waals surface area (Å²) >= 11 is 6.26. The minimum atomic E-state index is -0.101. The molecule has 0 aliphatic rings. The minimum absolute atomic E-state index is 0.101. The van der Waals surface area contributed by atoms with Gasteiger partial charge in [-0.2, -0.15) is 0 Å². The second kappa shape index (κ2) is 8.65. The zero-order valence-electron chi connectivity index (χ0n) is 14.7. The van der Waals surface area contributed by atoms with E-state index in [1.807, 2.05) is 72.8 Å². The molecule has 0 unspecified atom stereocenters. The number of benzene rings is 3. The smallest absolute Gasteiger partial charge is 0.255 e. The summed E-state index contributed by atoms with van der Waals surface area (Å²) in [5.74, 6) is -0.101. The van der Waals surface area contributed by atoms with Crippen LogP contribution in [0.2, 0.25) is 5.02 Å². The number of quaternary nitrogens is 1. The molecule has 1 amide bonds. The molecule has 26 heavy (non-hydrogen) atoms. The Balaban J connectivity index is 1.57. The quantitative estimate of drug-likeness (QED) is 0.667. The number of hydrogen-bond donors (Lipinski definition) is 2. The standard InChI is InChI=1S/C22H21ClN2O/c1-16(20-9-5-6-10-21(20)23)24-15-17-11-13-18(14-12-17)22(26)25-19-7-3-2-4-8-19/h2-14,16,24H,15H2,1H3,(H,25,26)/p+1/t16-/m0/s1. The number of anilines is 1. The van der Waals surface area contributed by atoms with E-state index in [-0.39, 0.29) is 11.9 Å². The molecule has 4 heteroatoms. The van der Waals surface area contributed by atoms with Gasteiger partial charge in [0.15, 0.2) is 0 Å². The topological polar surface area (TPSA) is 45.7 Å². The molecular formula is C22H22ClN2O+. The van der Waals surface area contributed by atoms with Crippen LogP contribution in [0.25, 0.3) is 0 Å². The van der Waals surface area contributed by atoms with Gasteiger partial charge in [-0.3, -0.25) is 4.79 Å². The van der Waals surface area contributed by atoms with Gasteiger partial charge in [-0.15, -0.1) is 0 Å². The Morgan fingerprint density at radius 3 is 2.31 bits per heavy atom. The van der Waals surface area contributed by atoms with E-state index >= 15 is 0 Å². The molecule has 0 aromatic heterocycles. The highest BCUT2D eigenvalue weighted by atomic mass is 35.5. The molecule has 132 valence electrons. The Hall–Kier alpha value is -2.62. The normalized spacial score (nSPS) is 11.8. The second-order valence-electron chi connectivity index (χ2n) is 6.27. The lowest BCUT2D eigenvalue weighted by Gasteiger charge is -2.13. The van der Waals surface area contributed by atoms with E-state index in [1.54, 1.807) is 0 Å². The number of nitrogens with two attached hydrogens (primary N) is 1. The Bertz CT molecular complexity index is 863. The van der Waals surface area contributed by atoms with Crippen LogP contribution in [0.4, 0.5) is 5.69 Å². The first-order chi connectivity index (χ1) is 12.6. The average molecular weight is 366 g/mol. The number of nitrogens with one attached hydrogen (secondary N) is 1. The molecule has 1 atom stereocenters. The van der Waals surface area contributed by atoms with Crippen molar-refractivity contribution < 1.29 is 10.1 Å². The Morgan fingerprint density at radius 2 is 1.62 bits per heavy atom. The lowest BCUT2D eigenvalue weighted by Crippen LogP contribution is -2.83. The van der Waals surface area contributed by atoms with Crippen molar-refractivity contribution in [1.82, 2.24) is 0 Å². The summed E-state index contributed by atoms with van der Waals surface area (Å²) < 4.78 is 0. The highest BCUT2D eigenvalue weighted by molar-refractivity contribution is 6.31. The maximum atomic E-state index is 12.3. The van der Waals surface area contributed by atoms with Crippen LogP contribution in [0.5, 0.6) is 0 Å². The predicted molar refractivity (Wildman–Crippen MR) is 106 cm³/mol. The zero-order chi connectivity index (χ0) is 18.4. The van der Waals surface area contributed by atoms with E-state index < -0.39 is 0 Å². The highest BCUT2D eigenvalue weighted by Crippen LogP contribution is 2.19. The summed E-state index contributed by atoms with van der Waals surface area (Å²) in [5, 5.41) is 5.93. The van der Waals surface area contributed by atoms with E-state index in [0.29, 0.717) is 5.56 Å². The highest BCUT2D eigenvalue weighted by Gasteiger charge is 2.12. The van der Waals surface area contributed by atoms with Crippen molar-refractivity contribution >= 4 is 23.2 Å². The van der Waals surface area contributed by atoms with E-state index in [2.05, 4.69) is 23.6 Å². The molecule has 0 heterocycles. The molecule has 0 aliphatic heterocycles. The first kappa shape index (κ1) is 18.2. The van der Waals surface area contributed by atoms with Gasteiger partial charge in [0.1, 0.15) is 12.6 Å². The number of rotatable bonds is 6. The van der Waals surface area contributed by atoms with Crippen molar-refractivity contribution in [3.05, 3.63) is 101 Å². The molecule has 0 saturated heterocycles. The van der Waals surface area contributed by atoms with Crippen molar-refractivity contribution in [2.45, 2.75) is 19.5 Å². The average Bonchev–Trinajstić information content (AvgIpc) is 2.67. The largest absolute Gasteiger partial charge is 0.337 e. The molecule has 3 rings (SSSR count). The molecule has 0 bridgehead atoms. The lowest BCUT2D eigenvalue weighted by atomic mass is 10.1. The third-order valence-corrected chi connectivity index (χ3v) is 4.69. The monoisotopic (exact) mass is 365 g/mol. The molecule has 3 aromatic carbocycles. The van der Waals surface area contributed by atoms with Gasteiger partial charge in [-0.25, -0.2) is 0 Å². The van der Waals surface area contributed by atoms with Gasteiger partial charge in [0.25, 0.3) is 5.91 Å². The molecule has 3 nitrogen and oxygen atoms in total. The summed E-state index contributed by atoms with van der Waals surface area (Å²) in [6, 6.07) is 25.4. The van der Waals surface area contributed by atoms with Crippen LogP contribution in [-0.2, 0) is 6.54 Å². The van der Waals surface area contributed by atoms with E-state index in [4.69, 9.17) is 11.6 Å². The molecule has 3 N–H and O–H groups in total. The molecule has 0 radical (unpaired) electrons. The van der Waals surface area contributed by atoms with Crippen molar-refractivity contribution in [2.24, 2.45) is 0 Å². The zero-order valence-corrected chi connectivity index (χ0v) is 15.4. The van der Waals surface area contributed by atoms with Gasteiger partial charge >= 0.3 is 0 Å². The summed E-state index contributed by atoms with van der Waals surface area (Å²) in [5.41, 5.74) is 3.74. The van der Waals surface area contributed by atoms with E-state index in [9.17, 15) is 4.79 Å². The van der Waals surface area contributed by atoms with Gasteiger partial charge < -0.3 is 10.6 Å². The fraction of sp³-hybridized carbons (Fsp3) is 0.136. The third-order valence-electron chi connectivity index (χ3n) is 4.35. The van der Waals surface area contributed by atoms with Gasteiger partial charge in [0, 0.05) is 27.4 Å². The second-order valence-corrected chi connectivity index (χ2v) is 6.67. The van der Waals surface area contributed by atoms with Crippen LogP contribution in [0.1, 0.15) is 34.5 Å². The first-order valence-electron chi connectivity index (χ1n) is 8.66. The van der Waals surface area contributed by atoms with E-state index in [1.165, 1.54) is 5.56 Å². The maximum Gasteiger partial charge on any atom is 0.255 e. The number of hydrogen-bond acceptors (Lipinski definition) is 1. The molecule has 0 spiro atoms. The summed E-state index contributed by atoms with van der Waals surface area (Å²) in [4.78, 5) is 12.3. The van der Waals surface area contributed by atoms with Crippen molar-refractivity contribution in [1.29, 1.82) is 0 Å². The van der Waals surface area contributed by atoms with Crippen molar-refractivity contribution in [3.8, 4) is 0 Å². The summed E-state index contributed by atoms with van der Waals surface area (Å²) in [6.45, 7) is 2.97. The first-order valence-corrected chi connectivity index (χ1v) is 9.04. The van der Waals surface area contributed by atoms with Crippen LogP contribution >= 0.6 is 11.6 Å². The Labute approximate surface area is 159 Å². The summed E-state index contributed by atoms with van der Waals surface area (Å²) in [7, 11) is 0. The Morgan fingerprint density at radius 1 is 0.962 bits per heavy atom. The maximum absolute atomic E-state index is 12.3. The fourth-order valence-electron chi connectivity index (χ4n) is 2.80. The number of carbonyl (C=O) groups is 1. The predicted octanol–water partition coefficient (Wildman–Crippen LogP) is 4.42. The molecule has 0 aliphatic carbocycles. The number of para-hydroxylation sites is 1. The van der Waals surface area contributed by atoms with Gasteiger partial charge in [-0.1, -0.05) is 60.1 Å². The molecule has 0 fully saturated rings. The van der Waals surface area contributed by atoms with Crippen molar-refractivity contribution in [3.63, 3.8) is 0 Å². The third kappa shape index (κ3) is 4.72. The van der Waals surface area contributed by atoms with Gasteiger partial charge in [-0.05, 0) is 37.3 Å². The summed E-state index contributed by atoms with van der Waals surface area (Å²) in [6.07, 6.45) is 0. The van der Waals surface area contributed by atoms with Crippen LogP contribution in [-0.4, -0.2) is 5.91 Å². The number of carbonyl (C=O) groups excluding carboxylic acids is 1. The SMILES string of the molecule is C[C@H]([NH2+]Cc1ccc(C(=O)Nc2ccccc2)cc1)c1ccccc1Cl. The van der Waals surface area contributed by atoms with Gasteiger partial charge in [0.05, 0.1) is 0 Å². The number of amides is 1. The molecule has 3 aromatic rings. The van der Waals surface area contributed by atoms with Crippen LogP contribution < -0.4 is 10.6 Å². The Kier molecular flexibility index (Phi) is 6.05. The van der Waals surface area contributed by atoms with Crippen LogP contribution in [0.3, 0.4) is 0 Å². The lowest BCUT2D eigenvalue weighted by molar-refractivity contribution is -0.707. The van der Waals surface area contributed by atoms with Crippen LogP contribution in [0.15, 0.2) is 78.9 Å². The molecular weight excluding hydrogens is 344 g/mol. The fourth-order valence-corrected chi connectivity index (χ4v) is 3.11.